The molecule has 6 heteroatoms. The van der Waals surface area contributed by atoms with Gasteiger partial charge >= 0.3 is 0 Å². The zero-order valence-electron chi connectivity index (χ0n) is 19.6. The Hall–Kier alpha value is -2.60. The molecule has 1 aromatic carbocycles. The highest BCUT2D eigenvalue weighted by atomic mass is 16.5. The molecule has 2 aliphatic rings. The largest absolute Gasteiger partial charge is 0.377 e. The standard InChI is InChI=1S/C25H35N3O3/c1-7-24(2,3)26-23(30)25(4)17-27(5)21-11-9-8-10-20(21)22(29)28(25)16-18-12-14-19(31-6)15-13-18/h8-14,19H,7,15-17H2,1-6H3,(H,26,30). The maximum absolute atomic E-state index is 13.8. The van der Waals surface area contributed by atoms with Crippen LogP contribution in [0.3, 0.4) is 0 Å². The molecule has 0 aromatic heterocycles. The molecule has 2 atom stereocenters. The van der Waals surface area contributed by atoms with Crippen LogP contribution in [0.5, 0.6) is 0 Å². The van der Waals surface area contributed by atoms with Gasteiger partial charge in [-0.15, -0.1) is 0 Å². The number of anilines is 1. The number of benzene rings is 1. The zero-order valence-corrected chi connectivity index (χ0v) is 19.6. The van der Waals surface area contributed by atoms with Crippen LogP contribution in [-0.2, 0) is 9.53 Å². The van der Waals surface area contributed by atoms with Crippen molar-refractivity contribution in [2.24, 2.45) is 0 Å². The lowest BCUT2D eigenvalue weighted by atomic mass is 9.92. The topological polar surface area (TPSA) is 61.9 Å². The van der Waals surface area contributed by atoms with Gasteiger partial charge < -0.3 is 19.9 Å². The molecule has 1 aliphatic carbocycles. The van der Waals surface area contributed by atoms with E-state index in [-0.39, 0.29) is 23.5 Å². The van der Waals surface area contributed by atoms with Crippen molar-refractivity contribution in [3.63, 3.8) is 0 Å². The van der Waals surface area contributed by atoms with E-state index in [9.17, 15) is 9.59 Å². The van der Waals surface area contributed by atoms with Crippen molar-refractivity contribution < 1.29 is 14.3 Å². The number of carbonyl (C=O) groups excluding carboxylic acids is 2. The average Bonchev–Trinajstić information content (AvgIpc) is 2.84. The third-order valence-electron chi connectivity index (χ3n) is 6.54. The quantitative estimate of drug-likeness (QED) is 0.757. The monoisotopic (exact) mass is 425 g/mol. The Labute approximate surface area is 185 Å². The van der Waals surface area contributed by atoms with E-state index < -0.39 is 5.54 Å². The Morgan fingerprint density at radius 1 is 1.32 bits per heavy atom. The van der Waals surface area contributed by atoms with Gasteiger partial charge in [0.25, 0.3) is 5.91 Å². The maximum Gasteiger partial charge on any atom is 0.257 e. The van der Waals surface area contributed by atoms with Crippen molar-refractivity contribution in [2.45, 2.75) is 57.7 Å². The first-order valence-electron chi connectivity index (χ1n) is 11.0. The van der Waals surface area contributed by atoms with Crippen LogP contribution in [0.2, 0.25) is 0 Å². The van der Waals surface area contributed by atoms with Gasteiger partial charge in [-0.05, 0) is 51.3 Å². The van der Waals surface area contributed by atoms with Crippen LogP contribution in [0, 0.1) is 0 Å². The normalized spacial score (nSPS) is 23.9. The number of para-hydroxylation sites is 1. The van der Waals surface area contributed by atoms with E-state index >= 15 is 0 Å². The number of hydrogen-bond acceptors (Lipinski definition) is 4. The fraction of sp³-hybridized carbons (Fsp3) is 0.520. The Morgan fingerprint density at radius 3 is 2.65 bits per heavy atom. The molecule has 1 aliphatic heterocycles. The van der Waals surface area contributed by atoms with E-state index in [4.69, 9.17) is 4.74 Å². The summed E-state index contributed by atoms with van der Waals surface area (Å²) in [6.07, 6.45) is 7.71. The van der Waals surface area contributed by atoms with Crippen LogP contribution in [0.15, 0.2) is 48.1 Å². The molecule has 0 bridgehead atoms. The maximum atomic E-state index is 13.8. The Bertz CT molecular complexity index is 905. The fourth-order valence-corrected chi connectivity index (χ4v) is 4.08. The van der Waals surface area contributed by atoms with Crippen molar-refractivity contribution in [3.05, 3.63) is 53.6 Å². The predicted octanol–water partition coefficient (Wildman–Crippen LogP) is 3.54. The second-order valence-electron chi connectivity index (χ2n) is 9.38. The van der Waals surface area contributed by atoms with Crippen molar-refractivity contribution in [2.75, 3.05) is 32.1 Å². The molecule has 0 saturated carbocycles. The molecule has 0 radical (unpaired) electrons. The second-order valence-corrected chi connectivity index (χ2v) is 9.38. The minimum atomic E-state index is -1.04. The molecule has 1 heterocycles. The van der Waals surface area contributed by atoms with Crippen LogP contribution in [-0.4, -0.2) is 61.1 Å². The van der Waals surface area contributed by atoms with Gasteiger partial charge in [-0.1, -0.05) is 37.3 Å². The van der Waals surface area contributed by atoms with E-state index in [1.54, 1.807) is 12.0 Å². The van der Waals surface area contributed by atoms with Crippen LogP contribution in [0.4, 0.5) is 5.69 Å². The second kappa shape index (κ2) is 8.87. The number of ether oxygens (including phenoxy) is 1. The van der Waals surface area contributed by atoms with Crippen LogP contribution < -0.4 is 10.2 Å². The molecule has 0 fully saturated rings. The summed E-state index contributed by atoms with van der Waals surface area (Å²) >= 11 is 0. The number of nitrogens with zero attached hydrogens (tertiary/aromatic N) is 2. The lowest BCUT2D eigenvalue weighted by Gasteiger charge is -2.42. The number of nitrogens with one attached hydrogen (secondary N) is 1. The Kier molecular flexibility index (Phi) is 6.60. The molecular formula is C25H35N3O3. The van der Waals surface area contributed by atoms with E-state index in [2.05, 4.69) is 11.4 Å². The smallest absolute Gasteiger partial charge is 0.257 e. The first-order valence-corrected chi connectivity index (χ1v) is 11.0. The van der Waals surface area contributed by atoms with E-state index in [0.29, 0.717) is 18.7 Å². The summed E-state index contributed by atoms with van der Waals surface area (Å²) in [5, 5.41) is 3.18. The molecule has 0 spiro atoms. The van der Waals surface area contributed by atoms with Crippen molar-refractivity contribution in [3.8, 4) is 0 Å². The minimum Gasteiger partial charge on any atom is -0.377 e. The van der Waals surface area contributed by atoms with Gasteiger partial charge in [0.1, 0.15) is 5.54 Å². The molecule has 0 saturated heterocycles. The Morgan fingerprint density at radius 2 is 2.03 bits per heavy atom. The summed E-state index contributed by atoms with van der Waals surface area (Å²) < 4.78 is 5.39. The van der Waals surface area contributed by atoms with Crippen LogP contribution >= 0.6 is 0 Å². The third kappa shape index (κ3) is 4.69. The minimum absolute atomic E-state index is 0.0514. The van der Waals surface area contributed by atoms with Gasteiger partial charge in [0.05, 0.1) is 11.7 Å². The average molecular weight is 426 g/mol. The summed E-state index contributed by atoms with van der Waals surface area (Å²) in [4.78, 5) is 31.2. The summed E-state index contributed by atoms with van der Waals surface area (Å²) in [5.74, 6) is -0.266. The molecule has 31 heavy (non-hydrogen) atoms. The highest BCUT2D eigenvalue weighted by Crippen LogP contribution is 2.33. The van der Waals surface area contributed by atoms with Gasteiger partial charge in [-0.2, -0.15) is 0 Å². The number of methoxy groups -OCH3 is 1. The highest BCUT2D eigenvalue weighted by Gasteiger charge is 2.47. The van der Waals surface area contributed by atoms with Crippen molar-refractivity contribution in [1.82, 2.24) is 10.2 Å². The number of rotatable bonds is 6. The molecule has 1 N–H and O–H groups in total. The Balaban J connectivity index is 2.02. The molecular weight excluding hydrogens is 390 g/mol. The lowest BCUT2D eigenvalue weighted by molar-refractivity contribution is -0.132. The summed E-state index contributed by atoms with van der Waals surface area (Å²) in [6, 6.07) is 7.57. The van der Waals surface area contributed by atoms with Gasteiger partial charge in [-0.3, -0.25) is 9.59 Å². The van der Waals surface area contributed by atoms with Crippen LogP contribution in [0.1, 0.15) is 50.9 Å². The highest BCUT2D eigenvalue weighted by molar-refractivity contribution is 6.04. The van der Waals surface area contributed by atoms with Gasteiger partial charge in [0, 0.05) is 38.5 Å². The zero-order chi connectivity index (χ0) is 22.8. The van der Waals surface area contributed by atoms with Crippen LogP contribution in [0.25, 0.3) is 0 Å². The van der Waals surface area contributed by atoms with E-state index in [0.717, 1.165) is 24.1 Å². The number of carbonyl (C=O) groups is 2. The van der Waals surface area contributed by atoms with E-state index in [1.807, 2.05) is 76.1 Å². The summed E-state index contributed by atoms with van der Waals surface area (Å²) in [7, 11) is 3.63. The van der Waals surface area contributed by atoms with Gasteiger partial charge in [0.2, 0.25) is 5.91 Å². The molecule has 1 aromatic rings. The van der Waals surface area contributed by atoms with Gasteiger partial charge in [-0.25, -0.2) is 0 Å². The first-order chi connectivity index (χ1) is 14.6. The van der Waals surface area contributed by atoms with Gasteiger partial charge in [0.15, 0.2) is 0 Å². The fourth-order valence-electron chi connectivity index (χ4n) is 4.08. The third-order valence-corrected chi connectivity index (χ3v) is 6.54. The van der Waals surface area contributed by atoms with Crippen molar-refractivity contribution in [1.29, 1.82) is 0 Å². The summed E-state index contributed by atoms with van der Waals surface area (Å²) in [6.45, 7) is 8.70. The predicted molar refractivity (Wildman–Crippen MR) is 124 cm³/mol. The molecule has 3 rings (SSSR count). The molecule has 6 nitrogen and oxygen atoms in total. The molecule has 2 amide bonds. The first kappa shape index (κ1) is 23.1. The SMILES string of the molecule is CCC(C)(C)NC(=O)C1(C)CN(C)c2ccccc2C(=O)N1CC1=CCC(OC)C=C1. The number of amides is 2. The number of likely N-dealkylation sites (N-methyl/N-ethyl adjacent to an activating group) is 1. The number of fused-ring (bicyclic) bond motifs is 1. The lowest BCUT2D eigenvalue weighted by Crippen LogP contribution is -2.65. The van der Waals surface area contributed by atoms with Crippen molar-refractivity contribution >= 4 is 17.5 Å². The molecule has 2 unspecified atom stereocenters. The number of hydrogen-bond donors (Lipinski definition) is 1. The summed E-state index contributed by atoms with van der Waals surface area (Å²) in [5.41, 5.74) is 1.08. The van der Waals surface area contributed by atoms with E-state index in [1.165, 1.54) is 0 Å². The molecule has 168 valence electrons.